The smallest absolute Gasteiger partial charge is 0.202 e. The molecule has 2 aromatic rings. The molecule has 0 aromatic carbocycles. The van der Waals surface area contributed by atoms with Gasteiger partial charge in [0.05, 0.1) is 6.54 Å². The van der Waals surface area contributed by atoms with Crippen LogP contribution in [0.3, 0.4) is 0 Å². The minimum Gasteiger partial charge on any atom is -0.355 e. The number of aryl methyl sites for hydroxylation is 2. The molecule has 2 aromatic heterocycles. The summed E-state index contributed by atoms with van der Waals surface area (Å²) in [7, 11) is 0. The van der Waals surface area contributed by atoms with Crippen molar-refractivity contribution >= 4 is 28.0 Å². The van der Waals surface area contributed by atoms with E-state index in [1.54, 1.807) is 0 Å². The van der Waals surface area contributed by atoms with E-state index in [1.807, 2.05) is 11.3 Å². The number of rotatable bonds is 5. The Kier molecular flexibility index (Phi) is 3.90. The summed E-state index contributed by atoms with van der Waals surface area (Å²) in [6, 6.07) is 4.37. The fourth-order valence-corrected chi connectivity index (χ4v) is 2.88. The molecule has 0 unspecified atom stereocenters. The van der Waals surface area contributed by atoms with Crippen LogP contribution in [0.2, 0.25) is 0 Å². The number of aromatic nitrogens is 2. The second-order valence-electron chi connectivity index (χ2n) is 3.44. The van der Waals surface area contributed by atoms with Gasteiger partial charge in [0.15, 0.2) is 0 Å². The molecule has 5 heteroatoms. The van der Waals surface area contributed by atoms with Crippen molar-refractivity contribution in [3.05, 3.63) is 27.7 Å². The molecule has 0 radical (unpaired) electrons. The number of anilines is 1. The minimum absolute atomic E-state index is 0.850. The van der Waals surface area contributed by atoms with E-state index in [2.05, 4.69) is 40.7 Å². The first-order chi connectivity index (χ1) is 7.81. The Balaban J connectivity index is 1.91. The molecular weight excluding hydrogens is 238 g/mol. The number of nitrogens with one attached hydrogen (secondary N) is 1. The van der Waals surface area contributed by atoms with E-state index in [-0.39, 0.29) is 0 Å². The summed E-state index contributed by atoms with van der Waals surface area (Å²) >= 11 is 3.30. The van der Waals surface area contributed by atoms with E-state index in [1.165, 1.54) is 21.3 Å². The average Bonchev–Trinajstić information content (AvgIpc) is 2.95. The van der Waals surface area contributed by atoms with Crippen LogP contribution in [0.5, 0.6) is 0 Å². The van der Waals surface area contributed by atoms with E-state index in [0.29, 0.717) is 0 Å². The van der Waals surface area contributed by atoms with Crippen molar-refractivity contribution in [1.29, 1.82) is 0 Å². The van der Waals surface area contributed by atoms with Crippen molar-refractivity contribution in [2.24, 2.45) is 0 Å². The normalized spacial score (nSPS) is 10.6. The second-order valence-corrected chi connectivity index (χ2v) is 5.45. The molecule has 1 N–H and O–H groups in total. The molecule has 3 nitrogen and oxygen atoms in total. The number of nitrogens with zero attached hydrogens (tertiary/aromatic N) is 2. The van der Waals surface area contributed by atoms with Crippen LogP contribution in [0.25, 0.3) is 0 Å². The fraction of sp³-hybridized carbons (Fsp3) is 0.455. The van der Waals surface area contributed by atoms with Crippen molar-refractivity contribution in [2.75, 3.05) is 5.32 Å². The first kappa shape index (κ1) is 11.5. The standard InChI is InChI=1S/C11H15N3S2/c1-3-8-5-6-9(15-8)7-12-11-13-10(4-2)14-16-11/h5-6H,3-4,7H2,1-2H3,(H,12,13,14). The lowest BCUT2D eigenvalue weighted by Gasteiger charge is -1.97. The number of hydrogen-bond acceptors (Lipinski definition) is 5. The summed E-state index contributed by atoms with van der Waals surface area (Å²) in [5.74, 6) is 0.924. The zero-order valence-electron chi connectivity index (χ0n) is 9.49. The highest BCUT2D eigenvalue weighted by molar-refractivity contribution is 7.12. The molecule has 0 amide bonds. The second kappa shape index (κ2) is 5.41. The summed E-state index contributed by atoms with van der Waals surface area (Å²) in [5, 5.41) is 4.23. The van der Waals surface area contributed by atoms with Gasteiger partial charge < -0.3 is 5.32 Å². The van der Waals surface area contributed by atoms with Crippen LogP contribution in [0.1, 0.15) is 29.4 Å². The third-order valence-corrected chi connectivity index (χ3v) is 4.20. The third-order valence-electron chi connectivity index (χ3n) is 2.26. The van der Waals surface area contributed by atoms with Gasteiger partial charge in [-0.05, 0) is 18.6 Å². The quantitative estimate of drug-likeness (QED) is 0.888. The zero-order chi connectivity index (χ0) is 11.4. The molecular formula is C11H15N3S2. The summed E-state index contributed by atoms with van der Waals surface area (Å²) in [6.07, 6.45) is 2.01. The molecule has 16 heavy (non-hydrogen) atoms. The van der Waals surface area contributed by atoms with Crippen LogP contribution in [-0.4, -0.2) is 9.36 Å². The van der Waals surface area contributed by atoms with Gasteiger partial charge in [-0.2, -0.15) is 4.37 Å². The molecule has 0 aliphatic carbocycles. The topological polar surface area (TPSA) is 37.8 Å². The highest BCUT2D eigenvalue weighted by Crippen LogP contribution is 2.19. The maximum Gasteiger partial charge on any atom is 0.202 e. The molecule has 0 bridgehead atoms. The molecule has 0 aliphatic rings. The summed E-state index contributed by atoms with van der Waals surface area (Å²) in [6.45, 7) is 5.10. The van der Waals surface area contributed by atoms with Gasteiger partial charge in [-0.3, -0.25) is 0 Å². The van der Waals surface area contributed by atoms with Gasteiger partial charge in [0, 0.05) is 27.7 Å². The lowest BCUT2D eigenvalue weighted by Crippen LogP contribution is -1.96. The van der Waals surface area contributed by atoms with Gasteiger partial charge in [-0.1, -0.05) is 13.8 Å². The largest absolute Gasteiger partial charge is 0.355 e. The van der Waals surface area contributed by atoms with Gasteiger partial charge in [0.2, 0.25) is 5.13 Å². The molecule has 2 rings (SSSR count). The molecule has 0 spiro atoms. The van der Waals surface area contributed by atoms with Crippen molar-refractivity contribution in [3.63, 3.8) is 0 Å². The predicted octanol–water partition coefficient (Wildman–Crippen LogP) is 3.34. The molecule has 2 heterocycles. The predicted molar refractivity (Wildman–Crippen MR) is 70.3 cm³/mol. The summed E-state index contributed by atoms with van der Waals surface area (Å²) in [5.41, 5.74) is 0. The van der Waals surface area contributed by atoms with Gasteiger partial charge in [0.25, 0.3) is 0 Å². The molecule has 0 atom stereocenters. The van der Waals surface area contributed by atoms with Crippen molar-refractivity contribution in [1.82, 2.24) is 9.36 Å². The van der Waals surface area contributed by atoms with Crippen molar-refractivity contribution in [3.8, 4) is 0 Å². The maximum atomic E-state index is 4.37. The summed E-state index contributed by atoms with van der Waals surface area (Å²) in [4.78, 5) is 7.16. The first-order valence-electron chi connectivity index (χ1n) is 5.45. The Hall–Kier alpha value is -0.940. The van der Waals surface area contributed by atoms with E-state index < -0.39 is 0 Å². The Bertz CT molecular complexity index is 405. The molecule has 0 saturated heterocycles. The van der Waals surface area contributed by atoms with Crippen molar-refractivity contribution in [2.45, 2.75) is 33.2 Å². The van der Waals surface area contributed by atoms with Gasteiger partial charge in [-0.25, -0.2) is 4.98 Å². The van der Waals surface area contributed by atoms with E-state index in [0.717, 1.165) is 30.3 Å². The third kappa shape index (κ3) is 2.80. The maximum absolute atomic E-state index is 4.37. The monoisotopic (exact) mass is 253 g/mol. The molecule has 0 aliphatic heterocycles. The Labute approximate surface area is 104 Å². The lowest BCUT2D eigenvalue weighted by molar-refractivity contribution is 0.994. The van der Waals surface area contributed by atoms with E-state index >= 15 is 0 Å². The highest BCUT2D eigenvalue weighted by atomic mass is 32.1. The van der Waals surface area contributed by atoms with Crippen LogP contribution in [0, 0.1) is 0 Å². The van der Waals surface area contributed by atoms with E-state index in [4.69, 9.17) is 0 Å². The summed E-state index contributed by atoms with van der Waals surface area (Å²) < 4.78 is 4.24. The highest BCUT2D eigenvalue weighted by Gasteiger charge is 2.03. The zero-order valence-corrected chi connectivity index (χ0v) is 11.1. The van der Waals surface area contributed by atoms with Crippen LogP contribution in [0.15, 0.2) is 12.1 Å². The van der Waals surface area contributed by atoms with Crippen LogP contribution >= 0.6 is 22.9 Å². The Morgan fingerprint density at radius 2 is 2.00 bits per heavy atom. The molecule has 0 fully saturated rings. The average molecular weight is 253 g/mol. The van der Waals surface area contributed by atoms with Crippen LogP contribution < -0.4 is 5.32 Å². The van der Waals surface area contributed by atoms with Gasteiger partial charge in [0.1, 0.15) is 5.82 Å². The number of hydrogen-bond donors (Lipinski definition) is 1. The van der Waals surface area contributed by atoms with Crippen LogP contribution in [0.4, 0.5) is 5.13 Å². The first-order valence-corrected chi connectivity index (χ1v) is 7.04. The van der Waals surface area contributed by atoms with Crippen molar-refractivity contribution < 1.29 is 0 Å². The lowest BCUT2D eigenvalue weighted by atomic mass is 10.4. The van der Waals surface area contributed by atoms with Gasteiger partial charge >= 0.3 is 0 Å². The Morgan fingerprint density at radius 3 is 2.62 bits per heavy atom. The molecule has 86 valence electrons. The Morgan fingerprint density at radius 1 is 1.19 bits per heavy atom. The minimum atomic E-state index is 0.850. The fourth-order valence-electron chi connectivity index (χ4n) is 1.34. The SMILES string of the molecule is CCc1nsc(NCc2ccc(CC)s2)n1. The number of thiophene rings is 1. The van der Waals surface area contributed by atoms with Gasteiger partial charge in [-0.15, -0.1) is 11.3 Å². The molecule has 0 saturated carbocycles. The van der Waals surface area contributed by atoms with Crippen LogP contribution in [-0.2, 0) is 19.4 Å². The van der Waals surface area contributed by atoms with E-state index in [9.17, 15) is 0 Å².